The zero-order chi connectivity index (χ0) is 6.15. The molecule has 0 aromatic carbocycles. The zero-order valence-corrected chi connectivity index (χ0v) is 3.96. The van der Waals surface area contributed by atoms with E-state index in [1.54, 1.807) is 0 Å². The summed E-state index contributed by atoms with van der Waals surface area (Å²) in [5.41, 5.74) is 0. The molecule has 4 nitrogen and oxygen atoms in total. The van der Waals surface area contributed by atoms with Crippen LogP contribution in [-0.2, 0) is 14.3 Å². The summed E-state index contributed by atoms with van der Waals surface area (Å²) in [6.07, 6.45) is -1.22. The number of aliphatic hydroxyl groups is 1. The van der Waals surface area contributed by atoms with E-state index in [9.17, 15) is 9.59 Å². The maximum atomic E-state index is 10.2. The van der Waals surface area contributed by atoms with Gasteiger partial charge in [-0.05, 0) is 0 Å². The molecule has 1 aliphatic heterocycles. The first kappa shape index (κ1) is 5.24. The SMILES string of the molecule is O=C1OCC(O)C1=O. The maximum Gasteiger partial charge on any atom is 0.377 e. The molecule has 44 valence electrons. The number of carbonyl (C=O) groups is 2. The molecule has 1 unspecified atom stereocenters. The summed E-state index contributed by atoms with van der Waals surface area (Å²) < 4.78 is 4.14. The molecule has 0 aromatic heterocycles. The van der Waals surface area contributed by atoms with Crippen LogP contribution in [0.2, 0.25) is 0 Å². The average molecular weight is 116 g/mol. The number of hydrogen-bond acceptors (Lipinski definition) is 4. The Bertz CT molecular complexity index is 139. The van der Waals surface area contributed by atoms with Gasteiger partial charge in [0.2, 0.25) is 0 Å². The number of rotatable bonds is 0. The fraction of sp³-hybridized carbons (Fsp3) is 0.500. The second-order valence-corrected chi connectivity index (χ2v) is 1.48. The van der Waals surface area contributed by atoms with Gasteiger partial charge in [0.1, 0.15) is 6.61 Å². The Hall–Kier alpha value is -0.900. The summed E-state index contributed by atoms with van der Waals surface area (Å²) >= 11 is 0. The molecule has 1 saturated heterocycles. The lowest BCUT2D eigenvalue weighted by molar-refractivity contribution is -0.147. The molecule has 0 radical (unpaired) electrons. The van der Waals surface area contributed by atoms with Gasteiger partial charge in [-0.1, -0.05) is 0 Å². The number of hydrogen-bond donors (Lipinski definition) is 1. The van der Waals surface area contributed by atoms with E-state index >= 15 is 0 Å². The first-order chi connectivity index (χ1) is 3.72. The van der Waals surface area contributed by atoms with Crippen LogP contribution in [-0.4, -0.2) is 29.6 Å². The molecular weight excluding hydrogens is 112 g/mol. The zero-order valence-electron chi connectivity index (χ0n) is 3.96. The standard InChI is InChI=1S/C4H4O4/c5-2-1-8-4(7)3(2)6/h2,5H,1H2. The van der Waals surface area contributed by atoms with Gasteiger partial charge >= 0.3 is 5.97 Å². The molecule has 0 aromatic rings. The van der Waals surface area contributed by atoms with Crippen LogP contribution in [0, 0.1) is 0 Å². The molecule has 1 atom stereocenters. The normalized spacial score (nSPS) is 28.4. The monoisotopic (exact) mass is 116 g/mol. The number of carbonyl (C=O) groups excluding carboxylic acids is 2. The van der Waals surface area contributed by atoms with Crippen LogP contribution < -0.4 is 0 Å². The first-order valence-corrected chi connectivity index (χ1v) is 2.11. The van der Waals surface area contributed by atoms with Crippen LogP contribution in [0.25, 0.3) is 0 Å². The van der Waals surface area contributed by atoms with Crippen molar-refractivity contribution < 1.29 is 19.4 Å². The summed E-state index contributed by atoms with van der Waals surface area (Å²) in [5.74, 6) is -1.78. The largest absolute Gasteiger partial charge is 0.457 e. The van der Waals surface area contributed by atoms with Crippen LogP contribution in [0.1, 0.15) is 0 Å². The van der Waals surface area contributed by atoms with Crippen molar-refractivity contribution in [1.29, 1.82) is 0 Å². The highest BCUT2D eigenvalue weighted by Crippen LogP contribution is 1.99. The van der Waals surface area contributed by atoms with Crippen molar-refractivity contribution in [3.05, 3.63) is 0 Å². The fourth-order valence-corrected chi connectivity index (χ4v) is 0.437. The van der Waals surface area contributed by atoms with Gasteiger partial charge in [-0.3, -0.25) is 4.79 Å². The highest BCUT2D eigenvalue weighted by Gasteiger charge is 2.32. The highest BCUT2D eigenvalue weighted by atomic mass is 16.6. The Balaban J connectivity index is 2.71. The molecule has 1 heterocycles. The molecule has 0 aliphatic carbocycles. The van der Waals surface area contributed by atoms with Gasteiger partial charge in [0.25, 0.3) is 5.78 Å². The summed E-state index contributed by atoms with van der Waals surface area (Å²) in [7, 11) is 0. The topological polar surface area (TPSA) is 63.6 Å². The minimum absolute atomic E-state index is 0.183. The minimum Gasteiger partial charge on any atom is -0.457 e. The van der Waals surface area contributed by atoms with E-state index in [-0.39, 0.29) is 6.61 Å². The smallest absolute Gasteiger partial charge is 0.377 e. The minimum atomic E-state index is -1.22. The summed E-state index contributed by atoms with van der Waals surface area (Å²) in [4.78, 5) is 20.2. The molecule has 1 N–H and O–H groups in total. The Kier molecular flexibility index (Phi) is 1.02. The van der Waals surface area contributed by atoms with Crippen molar-refractivity contribution in [3.8, 4) is 0 Å². The molecule has 4 heteroatoms. The van der Waals surface area contributed by atoms with Gasteiger partial charge in [-0.15, -0.1) is 0 Å². The second-order valence-electron chi connectivity index (χ2n) is 1.48. The number of esters is 1. The Morgan fingerprint density at radius 3 is 2.38 bits per heavy atom. The van der Waals surface area contributed by atoms with E-state index in [0.29, 0.717) is 0 Å². The molecule has 8 heavy (non-hydrogen) atoms. The number of ether oxygens (including phenoxy) is 1. The molecule has 0 spiro atoms. The van der Waals surface area contributed by atoms with E-state index in [1.165, 1.54) is 0 Å². The van der Waals surface area contributed by atoms with E-state index in [0.717, 1.165) is 0 Å². The summed E-state index contributed by atoms with van der Waals surface area (Å²) in [5, 5.41) is 8.47. The van der Waals surface area contributed by atoms with Gasteiger partial charge < -0.3 is 9.84 Å². The van der Waals surface area contributed by atoms with E-state index in [4.69, 9.17) is 5.11 Å². The number of ketones is 1. The molecule has 1 aliphatic rings. The van der Waals surface area contributed by atoms with Gasteiger partial charge in [-0.2, -0.15) is 0 Å². The van der Waals surface area contributed by atoms with Crippen molar-refractivity contribution in [2.75, 3.05) is 6.61 Å². The third-order valence-electron chi connectivity index (χ3n) is 0.876. The number of Topliss-reactive ketones (excluding diaryl/α,β-unsaturated/α-hetero) is 1. The van der Waals surface area contributed by atoms with Crippen molar-refractivity contribution >= 4 is 11.8 Å². The number of aliphatic hydroxyl groups excluding tert-OH is 1. The average Bonchev–Trinajstić information content (AvgIpc) is 1.98. The lowest BCUT2D eigenvalue weighted by Crippen LogP contribution is -2.18. The van der Waals surface area contributed by atoms with Gasteiger partial charge in [0.05, 0.1) is 0 Å². The molecular formula is C4H4O4. The lowest BCUT2D eigenvalue weighted by atomic mass is 10.3. The lowest BCUT2D eigenvalue weighted by Gasteiger charge is -1.86. The van der Waals surface area contributed by atoms with Crippen molar-refractivity contribution in [2.45, 2.75) is 6.10 Å². The van der Waals surface area contributed by atoms with Crippen LogP contribution in [0.15, 0.2) is 0 Å². The predicted octanol–water partition coefficient (Wildman–Crippen LogP) is -1.53. The highest BCUT2D eigenvalue weighted by molar-refractivity contribution is 6.36. The Labute approximate surface area is 45.1 Å². The molecule has 0 saturated carbocycles. The van der Waals surface area contributed by atoms with Gasteiger partial charge in [0, 0.05) is 0 Å². The third kappa shape index (κ3) is 0.586. The Morgan fingerprint density at radius 2 is 2.25 bits per heavy atom. The second kappa shape index (κ2) is 1.56. The molecule has 1 rings (SSSR count). The maximum absolute atomic E-state index is 10.2. The van der Waals surface area contributed by atoms with Crippen LogP contribution in [0.5, 0.6) is 0 Å². The molecule has 1 fully saturated rings. The predicted molar refractivity (Wildman–Crippen MR) is 22.0 cm³/mol. The van der Waals surface area contributed by atoms with Crippen LogP contribution in [0.3, 0.4) is 0 Å². The van der Waals surface area contributed by atoms with Crippen molar-refractivity contribution in [1.82, 2.24) is 0 Å². The first-order valence-electron chi connectivity index (χ1n) is 2.11. The molecule has 0 amide bonds. The van der Waals surface area contributed by atoms with Gasteiger partial charge in [-0.25, -0.2) is 4.79 Å². The molecule has 0 bridgehead atoms. The van der Waals surface area contributed by atoms with E-state index in [2.05, 4.69) is 4.74 Å². The summed E-state index contributed by atoms with van der Waals surface area (Å²) in [6, 6.07) is 0. The van der Waals surface area contributed by atoms with Crippen LogP contribution >= 0.6 is 0 Å². The Morgan fingerprint density at radius 1 is 1.62 bits per heavy atom. The number of cyclic esters (lactones) is 1. The van der Waals surface area contributed by atoms with Crippen LogP contribution in [0.4, 0.5) is 0 Å². The third-order valence-corrected chi connectivity index (χ3v) is 0.876. The van der Waals surface area contributed by atoms with E-state index in [1.807, 2.05) is 0 Å². The fourth-order valence-electron chi connectivity index (χ4n) is 0.437. The quantitative estimate of drug-likeness (QED) is 0.308. The van der Waals surface area contributed by atoms with Crippen molar-refractivity contribution in [3.63, 3.8) is 0 Å². The van der Waals surface area contributed by atoms with E-state index < -0.39 is 17.9 Å². The van der Waals surface area contributed by atoms with Gasteiger partial charge in [0.15, 0.2) is 6.10 Å². The van der Waals surface area contributed by atoms with Crippen molar-refractivity contribution in [2.24, 2.45) is 0 Å². The summed E-state index contributed by atoms with van der Waals surface area (Å²) in [6.45, 7) is -0.183.